The second-order valence-electron chi connectivity index (χ2n) is 3.21. The van der Waals surface area contributed by atoms with Crippen LogP contribution in [0.5, 0.6) is 0 Å². The lowest BCUT2D eigenvalue weighted by molar-refractivity contribution is 0.159. The van der Waals surface area contributed by atoms with Crippen molar-refractivity contribution < 1.29 is 5.21 Å². The number of benzene rings is 1. The molecule has 2 N–H and O–H groups in total. The molecule has 2 aromatic rings. The van der Waals surface area contributed by atoms with E-state index < -0.39 is 0 Å². The van der Waals surface area contributed by atoms with Gasteiger partial charge in [-0.3, -0.25) is 0 Å². The van der Waals surface area contributed by atoms with Crippen LogP contribution in [0.1, 0.15) is 5.69 Å². The van der Waals surface area contributed by atoms with Crippen molar-refractivity contribution in [2.24, 2.45) is 7.05 Å². The van der Waals surface area contributed by atoms with E-state index in [9.17, 15) is 0 Å². The maximum absolute atomic E-state index is 8.66. The zero-order chi connectivity index (χ0) is 10.1. The van der Waals surface area contributed by atoms with Crippen LogP contribution in [0, 0.1) is 0 Å². The summed E-state index contributed by atoms with van der Waals surface area (Å²) in [6, 6.07) is 8.13. The smallest absolute Gasteiger partial charge is 0.0624 e. The van der Waals surface area contributed by atoms with E-state index in [0.29, 0.717) is 6.54 Å². The van der Waals surface area contributed by atoms with E-state index in [1.807, 2.05) is 19.2 Å². The van der Waals surface area contributed by atoms with Crippen molar-refractivity contribution in [3.8, 4) is 0 Å². The maximum Gasteiger partial charge on any atom is 0.0624 e. The number of rotatable bonds is 2. The van der Waals surface area contributed by atoms with Gasteiger partial charge in [0, 0.05) is 22.6 Å². The lowest BCUT2D eigenvalue weighted by Crippen LogP contribution is -2.09. The second-order valence-corrected chi connectivity index (χ2v) is 4.06. The minimum atomic E-state index is 0.456. The fourth-order valence-corrected chi connectivity index (χ4v) is 2.32. The Bertz CT molecular complexity index is 464. The summed E-state index contributed by atoms with van der Waals surface area (Å²) >= 11 is 3.51. The first kappa shape index (κ1) is 9.71. The number of hydroxylamine groups is 1. The Morgan fingerprint density at radius 3 is 2.93 bits per heavy atom. The van der Waals surface area contributed by atoms with Crippen molar-refractivity contribution in [3.63, 3.8) is 0 Å². The molecule has 74 valence electrons. The van der Waals surface area contributed by atoms with Crippen LogP contribution in [0.25, 0.3) is 10.9 Å². The summed E-state index contributed by atoms with van der Waals surface area (Å²) in [5.41, 5.74) is 4.37. The summed E-state index contributed by atoms with van der Waals surface area (Å²) < 4.78 is 3.13. The molecule has 0 amide bonds. The molecule has 1 heterocycles. The summed E-state index contributed by atoms with van der Waals surface area (Å²) in [6.45, 7) is 0.456. The van der Waals surface area contributed by atoms with Crippen LogP contribution < -0.4 is 5.48 Å². The lowest BCUT2D eigenvalue weighted by atomic mass is 10.2. The first-order valence-corrected chi connectivity index (χ1v) is 5.13. The number of halogens is 1. The van der Waals surface area contributed by atoms with E-state index in [1.54, 1.807) is 0 Å². The molecule has 0 aliphatic rings. The highest BCUT2D eigenvalue weighted by atomic mass is 79.9. The number of nitrogens with zero attached hydrogens (tertiary/aromatic N) is 1. The predicted molar refractivity (Wildman–Crippen MR) is 59.2 cm³/mol. The molecule has 0 spiro atoms. The van der Waals surface area contributed by atoms with Crippen molar-refractivity contribution in [2.75, 3.05) is 0 Å². The molecule has 0 radical (unpaired) electrons. The Morgan fingerprint density at radius 2 is 2.29 bits per heavy atom. The van der Waals surface area contributed by atoms with Crippen molar-refractivity contribution in [1.29, 1.82) is 0 Å². The molecule has 1 aromatic carbocycles. The van der Waals surface area contributed by atoms with Crippen LogP contribution in [0.3, 0.4) is 0 Å². The van der Waals surface area contributed by atoms with Gasteiger partial charge in [0.25, 0.3) is 0 Å². The highest BCUT2D eigenvalue weighted by Gasteiger charge is 2.07. The molecule has 0 aliphatic carbocycles. The molecule has 0 saturated heterocycles. The third-order valence-electron chi connectivity index (χ3n) is 2.37. The first-order chi connectivity index (χ1) is 6.74. The average molecular weight is 255 g/mol. The Kier molecular flexibility index (Phi) is 2.58. The van der Waals surface area contributed by atoms with Crippen molar-refractivity contribution in [1.82, 2.24) is 10.0 Å². The normalized spacial score (nSPS) is 11.1. The van der Waals surface area contributed by atoms with Gasteiger partial charge in [-0.2, -0.15) is 5.48 Å². The summed E-state index contributed by atoms with van der Waals surface area (Å²) in [4.78, 5) is 0. The third kappa shape index (κ3) is 1.45. The molecule has 0 atom stereocenters. The molecule has 2 rings (SSSR count). The van der Waals surface area contributed by atoms with Crippen LogP contribution in [0.2, 0.25) is 0 Å². The van der Waals surface area contributed by atoms with Gasteiger partial charge in [0.05, 0.1) is 12.1 Å². The quantitative estimate of drug-likeness (QED) is 0.808. The van der Waals surface area contributed by atoms with Crippen molar-refractivity contribution >= 4 is 26.8 Å². The first-order valence-electron chi connectivity index (χ1n) is 4.34. The molecule has 0 unspecified atom stereocenters. The van der Waals surface area contributed by atoms with E-state index in [-0.39, 0.29) is 0 Å². The van der Waals surface area contributed by atoms with Crippen LogP contribution in [0.15, 0.2) is 28.7 Å². The van der Waals surface area contributed by atoms with E-state index in [2.05, 4.69) is 38.1 Å². The topological polar surface area (TPSA) is 37.2 Å². The van der Waals surface area contributed by atoms with Gasteiger partial charge in [0.15, 0.2) is 0 Å². The van der Waals surface area contributed by atoms with Gasteiger partial charge in [0.2, 0.25) is 0 Å². The van der Waals surface area contributed by atoms with Crippen LogP contribution >= 0.6 is 15.9 Å². The maximum atomic E-state index is 8.66. The summed E-state index contributed by atoms with van der Waals surface area (Å²) in [5, 5.41) is 9.84. The number of aryl methyl sites for hydroxylation is 1. The Labute approximate surface area is 90.4 Å². The summed E-state index contributed by atoms with van der Waals surface area (Å²) in [6.07, 6.45) is 0. The van der Waals surface area contributed by atoms with Gasteiger partial charge in [-0.1, -0.05) is 12.1 Å². The predicted octanol–water partition coefficient (Wildman–Crippen LogP) is 2.42. The Balaban J connectivity index is 2.68. The number of nitrogens with one attached hydrogen (secondary N) is 1. The fourth-order valence-electron chi connectivity index (χ4n) is 1.67. The minimum Gasteiger partial charge on any atom is -0.345 e. The zero-order valence-electron chi connectivity index (χ0n) is 7.79. The minimum absolute atomic E-state index is 0.456. The number of aromatic nitrogens is 1. The van der Waals surface area contributed by atoms with Crippen LogP contribution in [-0.4, -0.2) is 9.77 Å². The summed E-state index contributed by atoms with van der Waals surface area (Å²) in [5.74, 6) is 0. The highest BCUT2D eigenvalue weighted by Crippen LogP contribution is 2.26. The number of para-hydroxylation sites is 1. The number of hydrogen-bond donors (Lipinski definition) is 2. The van der Waals surface area contributed by atoms with E-state index in [4.69, 9.17) is 5.21 Å². The van der Waals surface area contributed by atoms with Crippen LogP contribution in [0.4, 0.5) is 0 Å². The monoisotopic (exact) mass is 254 g/mol. The number of fused-ring (bicyclic) bond motifs is 1. The zero-order valence-corrected chi connectivity index (χ0v) is 9.37. The van der Waals surface area contributed by atoms with Crippen molar-refractivity contribution in [3.05, 3.63) is 34.4 Å². The molecular formula is C10H11BrN2O. The Morgan fingerprint density at radius 1 is 1.50 bits per heavy atom. The number of hydrogen-bond acceptors (Lipinski definition) is 2. The molecule has 0 bridgehead atoms. The molecule has 0 aliphatic heterocycles. The Hall–Kier alpha value is -0.840. The summed E-state index contributed by atoms with van der Waals surface area (Å²) in [7, 11) is 1.99. The van der Waals surface area contributed by atoms with Gasteiger partial charge in [-0.25, -0.2) is 0 Å². The second kappa shape index (κ2) is 3.73. The largest absolute Gasteiger partial charge is 0.345 e. The van der Waals surface area contributed by atoms with E-state index in [0.717, 1.165) is 15.7 Å². The fraction of sp³-hybridized carbons (Fsp3) is 0.200. The van der Waals surface area contributed by atoms with Gasteiger partial charge < -0.3 is 9.77 Å². The molecule has 1 aromatic heterocycles. The van der Waals surface area contributed by atoms with Gasteiger partial charge in [0.1, 0.15) is 0 Å². The molecule has 0 fully saturated rings. The van der Waals surface area contributed by atoms with E-state index >= 15 is 0 Å². The van der Waals surface area contributed by atoms with Crippen molar-refractivity contribution in [2.45, 2.75) is 6.54 Å². The SMILES string of the molecule is Cn1c(CNO)cc2cccc(Br)c21. The van der Waals surface area contributed by atoms with E-state index in [1.165, 1.54) is 5.39 Å². The highest BCUT2D eigenvalue weighted by molar-refractivity contribution is 9.10. The van der Waals surface area contributed by atoms with Gasteiger partial charge in [-0.15, -0.1) is 0 Å². The third-order valence-corrected chi connectivity index (χ3v) is 3.01. The van der Waals surface area contributed by atoms with Gasteiger partial charge in [-0.05, 0) is 28.1 Å². The molecular weight excluding hydrogens is 244 g/mol. The lowest BCUT2D eigenvalue weighted by Gasteiger charge is -2.03. The molecule has 14 heavy (non-hydrogen) atoms. The van der Waals surface area contributed by atoms with Crippen LogP contribution in [-0.2, 0) is 13.6 Å². The standard InChI is InChI=1S/C10H11BrN2O/c1-13-8(6-12-14)5-7-3-2-4-9(11)10(7)13/h2-5,12,14H,6H2,1H3. The molecule has 4 heteroatoms. The molecule has 0 saturated carbocycles. The van der Waals surface area contributed by atoms with Gasteiger partial charge >= 0.3 is 0 Å². The molecule has 3 nitrogen and oxygen atoms in total. The average Bonchev–Trinajstić information content (AvgIpc) is 2.46.